The van der Waals surface area contributed by atoms with Gasteiger partial charge in [-0.25, -0.2) is 4.98 Å². The number of ether oxygens (including phenoxy) is 1. The summed E-state index contributed by atoms with van der Waals surface area (Å²) >= 11 is 6.10. The Morgan fingerprint density at radius 1 is 1.25 bits per heavy atom. The van der Waals surface area contributed by atoms with Gasteiger partial charge in [0.2, 0.25) is 0 Å². The van der Waals surface area contributed by atoms with Crippen molar-refractivity contribution in [2.75, 3.05) is 39.6 Å². The first-order valence-electron chi connectivity index (χ1n) is 7.49. The number of anilines is 2. The Labute approximate surface area is 146 Å². The molecule has 7 heteroatoms. The van der Waals surface area contributed by atoms with Crippen molar-refractivity contribution in [3.63, 3.8) is 0 Å². The van der Waals surface area contributed by atoms with Crippen molar-refractivity contribution in [3.05, 3.63) is 47.2 Å². The van der Waals surface area contributed by atoms with Crippen LogP contribution in [0.2, 0.25) is 5.02 Å². The highest BCUT2D eigenvalue weighted by Crippen LogP contribution is 2.28. The second-order valence-corrected chi connectivity index (χ2v) is 5.87. The summed E-state index contributed by atoms with van der Waals surface area (Å²) in [6, 6.07) is 8.88. The van der Waals surface area contributed by atoms with Gasteiger partial charge in [-0.1, -0.05) is 11.6 Å². The zero-order chi connectivity index (χ0) is 17.5. The third-order valence-corrected chi connectivity index (χ3v) is 3.58. The fraction of sp³-hybridized carbons (Fsp3) is 0.294. The first-order chi connectivity index (χ1) is 11.5. The molecule has 24 heavy (non-hydrogen) atoms. The average molecular weight is 349 g/mol. The van der Waals surface area contributed by atoms with E-state index in [1.807, 2.05) is 25.1 Å². The molecule has 0 unspecified atom stereocenters. The average Bonchev–Trinajstić information content (AvgIpc) is 2.55. The Morgan fingerprint density at radius 2 is 2.00 bits per heavy atom. The number of nitrogens with zero attached hydrogens (tertiary/aromatic N) is 2. The standard InChI is InChI=1S/C17H21ClN4O2/c1-22(2)9-8-19-17(23)15-6-4-13(11-20-15)21-12-5-7-16(24-3)14(18)10-12/h4-7,10-11,21H,8-9H2,1-3H3,(H,19,23). The molecular formula is C17H21ClN4O2. The monoisotopic (exact) mass is 348 g/mol. The Morgan fingerprint density at radius 3 is 2.58 bits per heavy atom. The molecule has 1 heterocycles. The second kappa shape index (κ2) is 8.52. The molecule has 0 saturated heterocycles. The predicted molar refractivity (Wildman–Crippen MR) is 96.4 cm³/mol. The molecule has 2 rings (SSSR count). The lowest BCUT2D eigenvalue weighted by Crippen LogP contribution is -2.31. The fourth-order valence-corrected chi connectivity index (χ4v) is 2.25. The van der Waals surface area contributed by atoms with Crippen LogP contribution in [0.1, 0.15) is 10.5 Å². The first-order valence-corrected chi connectivity index (χ1v) is 7.87. The Kier molecular flexibility index (Phi) is 6.40. The quantitative estimate of drug-likeness (QED) is 0.805. The number of rotatable bonds is 7. The number of amides is 1. The smallest absolute Gasteiger partial charge is 0.269 e. The van der Waals surface area contributed by atoms with Gasteiger partial charge < -0.3 is 20.3 Å². The van der Waals surface area contributed by atoms with Gasteiger partial charge in [-0.2, -0.15) is 0 Å². The summed E-state index contributed by atoms with van der Waals surface area (Å²) in [5, 5.41) is 6.52. The number of nitrogens with one attached hydrogen (secondary N) is 2. The van der Waals surface area contributed by atoms with Gasteiger partial charge in [0, 0.05) is 18.8 Å². The van der Waals surface area contributed by atoms with Gasteiger partial charge in [-0.15, -0.1) is 0 Å². The van der Waals surface area contributed by atoms with Crippen molar-refractivity contribution in [3.8, 4) is 5.75 Å². The van der Waals surface area contributed by atoms with Crippen molar-refractivity contribution in [1.82, 2.24) is 15.2 Å². The first kappa shape index (κ1) is 18.0. The molecule has 0 aliphatic heterocycles. The minimum absolute atomic E-state index is 0.184. The molecule has 0 saturated carbocycles. The van der Waals surface area contributed by atoms with Crippen molar-refractivity contribution in [2.45, 2.75) is 0 Å². The van der Waals surface area contributed by atoms with E-state index in [4.69, 9.17) is 16.3 Å². The highest BCUT2D eigenvalue weighted by molar-refractivity contribution is 6.32. The number of pyridine rings is 1. The molecule has 0 radical (unpaired) electrons. The van der Waals surface area contributed by atoms with Crippen LogP contribution in [0.4, 0.5) is 11.4 Å². The lowest BCUT2D eigenvalue weighted by molar-refractivity contribution is 0.0946. The van der Waals surface area contributed by atoms with Gasteiger partial charge >= 0.3 is 0 Å². The summed E-state index contributed by atoms with van der Waals surface area (Å²) in [7, 11) is 5.48. The van der Waals surface area contributed by atoms with Crippen LogP contribution in [0.3, 0.4) is 0 Å². The summed E-state index contributed by atoms with van der Waals surface area (Å²) < 4.78 is 5.12. The van der Waals surface area contributed by atoms with Gasteiger partial charge in [-0.3, -0.25) is 4.79 Å². The van der Waals surface area contributed by atoms with Gasteiger partial charge in [0.25, 0.3) is 5.91 Å². The molecule has 1 amide bonds. The molecule has 0 atom stereocenters. The number of hydrogen-bond donors (Lipinski definition) is 2. The summed E-state index contributed by atoms with van der Waals surface area (Å²) in [6.45, 7) is 1.36. The number of aromatic nitrogens is 1. The minimum Gasteiger partial charge on any atom is -0.495 e. The summed E-state index contributed by atoms with van der Waals surface area (Å²) in [5.74, 6) is 0.431. The molecule has 0 bridgehead atoms. The number of carbonyl (C=O) groups excluding carboxylic acids is 1. The molecule has 2 N–H and O–H groups in total. The number of likely N-dealkylation sites (N-methyl/N-ethyl adjacent to an activating group) is 1. The second-order valence-electron chi connectivity index (χ2n) is 5.47. The van der Waals surface area contributed by atoms with E-state index in [1.54, 1.807) is 37.6 Å². The Hall–Kier alpha value is -2.31. The third-order valence-electron chi connectivity index (χ3n) is 3.28. The molecular weight excluding hydrogens is 328 g/mol. The third kappa shape index (κ3) is 5.11. The van der Waals surface area contributed by atoms with Gasteiger partial charge in [0.15, 0.2) is 0 Å². The highest BCUT2D eigenvalue weighted by Gasteiger charge is 2.07. The van der Waals surface area contributed by atoms with Crippen molar-refractivity contribution in [1.29, 1.82) is 0 Å². The highest BCUT2D eigenvalue weighted by atomic mass is 35.5. The Balaban J connectivity index is 1.96. The summed E-state index contributed by atoms with van der Waals surface area (Å²) in [5.41, 5.74) is 1.96. The predicted octanol–water partition coefficient (Wildman–Crippen LogP) is 2.78. The van der Waals surface area contributed by atoms with Crippen LogP contribution in [-0.4, -0.2) is 50.1 Å². The normalized spacial score (nSPS) is 10.5. The number of halogens is 1. The number of methoxy groups -OCH3 is 1. The van der Waals surface area contributed by atoms with Crippen LogP contribution in [-0.2, 0) is 0 Å². The lowest BCUT2D eigenvalue weighted by atomic mass is 10.2. The Bertz CT molecular complexity index is 689. The zero-order valence-corrected chi connectivity index (χ0v) is 14.7. The van der Waals surface area contributed by atoms with Crippen LogP contribution in [0.5, 0.6) is 5.75 Å². The van der Waals surface area contributed by atoms with Crippen molar-refractivity contribution >= 4 is 28.9 Å². The van der Waals surface area contributed by atoms with Crippen molar-refractivity contribution < 1.29 is 9.53 Å². The molecule has 2 aromatic rings. The van der Waals surface area contributed by atoms with Gasteiger partial charge in [0.05, 0.1) is 24.0 Å². The molecule has 0 aliphatic carbocycles. The van der Waals surface area contributed by atoms with Gasteiger partial charge in [0.1, 0.15) is 11.4 Å². The van der Waals surface area contributed by atoms with Crippen LogP contribution in [0.25, 0.3) is 0 Å². The number of benzene rings is 1. The zero-order valence-electron chi connectivity index (χ0n) is 14.0. The molecule has 0 spiro atoms. The van der Waals surface area contributed by atoms with Crippen LogP contribution in [0, 0.1) is 0 Å². The lowest BCUT2D eigenvalue weighted by Gasteiger charge is -2.11. The van der Waals surface area contributed by atoms with E-state index in [-0.39, 0.29) is 5.91 Å². The van der Waals surface area contributed by atoms with E-state index in [0.29, 0.717) is 23.0 Å². The number of carbonyl (C=O) groups is 1. The van der Waals surface area contributed by atoms with Crippen molar-refractivity contribution in [2.24, 2.45) is 0 Å². The summed E-state index contributed by atoms with van der Waals surface area (Å²) in [6.07, 6.45) is 1.61. The van der Waals surface area contributed by atoms with E-state index in [1.165, 1.54) is 0 Å². The molecule has 1 aromatic heterocycles. The van der Waals surface area contributed by atoms with Crippen LogP contribution >= 0.6 is 11.6 Å². The maximum atomic E-state index is 12.0. The maximum Gasteiger partial charge on any atom is 0.269 e. The fourth-order valence-electron chi connectivity index (χ4n) is 2.00. The molecule has 6 nitrogen and oxygen atoms in total. The largest absolute Gasteiger partial charge is 0.495 e. The topological polar surface area (TPSA) is 66.5 Å². The SMILES string of the molecule is COc1ccc(Nc2ccc(C(=O)NCCN(C)C)nc2)cc1Cl. The maximum absolute atomic E-state index is 12.0. The molecule has 128 valence electrons. The van der Waals surface area contributed by atoms with E-state index >= 15 is 0 Å². The summed E-state index contributed by atoms with van der Waals surface area (Å²) in [4.78, 5) is 18.2. The molecule has 0 aliphatic rings. The molecule has 1 aromatic carbocycles. The van der Waals surface area contributed by atoms with E-state index in [0.717, 1.165) is 17.9 Å². The van der Waals surface area contributed by atoms with E-state index in [2.05, 4.69) is 15.6 Å². The van der Waals surface area contributed by atoms with Crippen LogP contribution < -0.4 is 15.4 Å². The van der Waals surface area contributed by atoms with Crippen LogP contribution in [0.15, 0.2) is 36.5 Å². The van der Waals surface area contributed by atoms with E-state index in [9.17, 15) is 4.79 Å². The van der Waals surface area contributed by atoms with E-state index < -0.39 is 0 Å². The molecule has 0 fully saturated rings. The van der Waals surface area contributed by atoms with Gasteiger partial charge in [-0.05, 0) is 44.4 Å². The minimum atomic E-state index is -0.184. The number of hydrogen-bond acceptors (Lipinski definition) is 5.